The number of carbonyl (C=O) groups excluding carboxylic acids is 3. The van der Waals surface area contributed by atoms with E-state index >= 15 is 0 Å². The summed E-state index contributed by atoms with van der Waals surface area (Å²) in [6.45, 7) is 6.39. The highest BCUT2D eigenvalue weighted by atomic mass is 32.2. The molecule has 0 saturated carbocycles. The first-order chi connectivity index (χ1) is 8.74. The summed E-state index contributed by atoms with van der Waals surface area (Å²) in [7, 11) is 0. The largest absolute Gasteiger partial charge is 0.354 e. The van der Waals surface area contributed by atoms with Crippen molar-refractivity contribution in [1.82, 2.24) is 16.0 Å². The molecule has 0 saturated heterocycles. The topological polar surface area (TPSA) is 87.3 Å². The van der Waals surface area contributed by atoms with Crippen LogP contribution in [0.15, 0.2) is 0 Å². The molecule has 0 radical (unpaired) electrons. The second kappa shape index (κ2) is 8.79. The van der Waals surface area contributed by atoms with Gasteiger partial charge in [0.15, 0.2) is 0 Å². The van der Waals surface area contributed by atoms with Crippen molar-refractivity contribution in [3.63, 3.8) is 0 Å². The molecule has 0 aromatic rings. The zero-order valence-corrected chi connectivity index (χ0v) is 12.8. The van der Waals surface area contributed by atoms with Crippen LogP contribution in [0.2, 0.25) is 0 Å². The van der Waals surface area contributed by atoms with Gasteiger partial charge in [-0.25, -0.2) is 0 Å². The van der Waals surface area contributed by atoms with Crippen molar-refractivity contribution in [1.29, 1.82) is 0 Å². The van der Waals surface area contributed by atoms with Crippen LogP contribution in [0.4, 0.5) is 0 Å². The van der Waals surface area contributed by atoms with Gasteiger partial charge in [0.2, 0.25) is 17.7 Å². The fourth-order valence-corrected chi connectivity index (χ4v) is 1.39. The Morgan fingerprint density at radius 2 is 1.37 bits per heavy atom. The van der Waals surface area contributed by atoms with Crippen molar-refractivity contribution < 1.29 is 14.4 Å². The van der Waals surface area contributed by atoms with Crippen LogP contribution in [0.25, 0.3) is 0 Å². The molecule has 0 aromatic carbocycles. The maximum Gasteiger partial charge on any atom is 0.239 e. The summed E-state index contributed by atoms with van der Waals surface area (Å²) in [6.07, 6.45) is 1.80. The van der Waals surface area contributed by atoms with Gasteiger partial charge in [-0.15, -0.1) is 0 Å². The van der Waals surface area contributed by atoms with Crippen LogP contribution in [0.1, 0.15) is 20.8 Å². The molecule has 110 valence electrons. The molecule has 0 unspecified atom stereocenters. The van der Waals surface area contributed by atoms with Gasteiger partial charge in [0.25, 0.3) is 0 Å². The average Bonchev–Trinajstić information content (AvgIpc) is 2.30. The zero-order chi connectivity index (χ0) is 14.9. The van der Waals surface area contributed by atoms with Crippen molar-refractivity contribution in [2.24, 2.45) is 5.41 Å². The number of hydrogen-bond acceptors (Lipinski definition) is 4. The first-order valence-electron chi connectivity index (χ1n) is 6.03. The van der Waals surface area contributed by atoms with Crippen LogP contribution in [0, 0.1) is 5.41 Å². The number of carbonyl (C=O) groups is 3. The second-order valence-electron chi connectivity index (χ2n) is 5.32. The Labute approximate surface area is 118 Å². The lowest BCUT2D eigenvalue weighted by atomic mass is 9.97. The maximum atomic E-state index is 11.4. The Balaban J connectivity index is 3.73. The van der Waals surface area contributed by atoms with Gasteiger partial charge in [0.1, 0.15) is 0 Å². The molecule has 0 bridgehead atoms. The highest BCUT2D eigenvalue weighted by molar-refractivity contribution is 7.99. The molecule has 0 heterocycles. The molecular formula is C12H23N3O3S. The lowest BCUT2D eigenvalue weighted by Gasteiger charge is -2.18. The van der Waals surface area contributed by atoms with Crippen LogP contribution in [0.3, 0.4) is 0 Å². The Bertz CT molecular complexity index is 327. The number of nitrogens with one attached hydrogen (secondary N) is 3. The highest BCUT2D eigenvalue weighted by Crippen LogP contribution is 2.09. The van der Waals surface area contributed by atoms with Crippen LogP contribution < -0.4 is 16.0 Å². The van der Waals surface area contributed by atoms with Crippen molar-refractivity contribution in [3.8, 4) is 0 Å². The lowest BCUT2D eigenvalue weighted by molar-refractivity contribution is -0.127. The van der Waals surface area contributed by atoms with Crippen LogP contribution in [-0.2, 0) is 14.4 Å². The fraction of sp³-hybridized carbons (Fsp3) is 0.750. The van der Waals surface area contributed by atoms with Gasteiger partial charge < -0.3 is 16.0 Å². The van der Waals surface area contributed by atoms with E-state index in [1.807, 2.05) is 20.8 Å². The second-order valence-corrected chi connectivity index (χ2v) is 6.19. The third-order valence-corrected chi connectivity index (χ3v) is 2.53. The first kappa shape index (κ1) is 17.8. The van der Waals surface area contributed by atoms with Crippen molar-refractivity contribution >= 4 is 29.5 Å². The van der Waals surface area contributed by atoms with Crippen molar-refractivity contribution in [2.75, 3.05) is 31.6 Å². The first-order valence-corrected chi connectivity index (χ1v) is 7.43. The van der Waals surface area contributed by atoms with E-state index in [-0.39, 0.29) is 36.2 Å². The molecule has 6 nitrogen and oxygen atoms in total. The Kier molecular flexibility index (Phi) is 8.22. The van der Waals surface area contributed by atoms with Gasteiger partial charge in [0, 0.05) is 6.54 Å². The minimum Gasteiger partial charge on any atom is -0.354 e. The molecule has 7 heteroatoms. The molecular weight excluding hydrogens is 266 g/mol. The van der Waals surface area contributed by atoms with Crippen molar-refractivity contribution in [2.45, 2.75) is 20.8 Å². The van der Waals surface area contributed by atoms with E-state index in [1.165, 1.54) is 11.8 Å². The van der Waals surface area contributed by atoms with Gasteiger partial charge in [0.05, 0.1) is 18.8 Å². The molecule has 3 amide bonds. The quantitative estimate of drug-likeness (QED) is 0.603. The van der Waals surface area contributed by atoms with Gasteiger partial charge in [-0.1, -0.05) is 20.8 Å². The lowest BCUT2D eigenvalue weighted by Crippen LogP contribution is -2.43. The average molecular weight is 289 g/mol. The molecule has 19 heavy (non-hydrogen) atoms. The Hall–Kier alpha value is -1.24. The SMILES string of the molecule is CSCC(=O)NCC(=O)NCC(=O)NCC(C)(C)C. The summed E-state index contributed by atoms with van der Waals surface area (Å²) in [5, 5.41) is 7.62. The minimum absolute atomic E-state index is 0.00542. The van der Waals surface area contributed by atoms with Gasteiger partial charge in [-0.2, -0.15) is 11.8 Å². The molecule has 0 aliphatic heterocycles. The summed E-state index contributed by atoms with van der Waals surface area (Å²) in [5.74, 6) is -0.488. The van der Waals surface area contributed by atoms with Gasteiger partial charge in [-0.05, 0) is 11.7 Å². The molecule has 0 fully saturated rings. The minimum atomic E-state index is -0.375. The standard InChI is InChI=1S/C12H23N3O3S/c1-12(2,3)8-15-10(17)6-13-9(16)5-14-11(18)7-19-4/h5-8H2,1-4H3,(H,13,16)(H,14,18)(H,15,17). The van der Waals surface area contributed by atoms with Crippen LogP contribution >= 0.6 is 11.8 Å². The normalized spacial score (nSPS) is 10.7. The smallest absolute Gasteiger partial charge is 0.239 e. The number of thioether (sulfide) groups is 1. The number of hydrogen-bond donors (Lipinski definition) is 3. The van der Waals surface area contributed by atoms with E-state index < -0.39 is 0 Å². The summed E-state index contributed by atoms with van der Waals surface area (Å²) >= 11 is 1.38. The number of amides is 3. The van der Waals surface area contributed by atoms with E-state index in [0.717, 1.165) is 0 Å². The fourth-order valence-electron chi connectivity index (χ4n) is 1.03. The molecule has 0 spiro atoms. The molecule has 0 atom stereocenters. The highest BCUT2D eigenvalue weighted by Gasteiger charge is 2.12. The molecule has 0 rings (SSSR count). The summed E-state index contributed by atoms with van der Waals surface area (Å²) < 4.78 is 0. The summed E-state index contributed by atoms with van der Waals surface area (Å²) in [4.78, 5) is 33.9. The maximum absolute atomic E-state index is 11.4. The van der Waals surface area contributed by atoms with Gasteiger partial charge >= 0.3 is 0 Å². The Morgan fingerprint density at radius 3 is 1.84 bits per heavy atom. The molecule has 3 N–H and O–H groups in total. The summed E-state index contributed by atoms with van der Waals surface area (Å²) in [5.41, 5.74) is 0.00542. The van der Waals surface area contributed by atoms with Crippen LogP contribution in [-0.4, -0.2) is 49.4 Å². The molecule has 0 aliphatic carbocycles. The third kappa shape index (κ3) is 11.6. The van der Waals surface area contributed by atoms with E-state index in [9.17, 15) is 14.4 Å². The third-order valence-electron chi connectivity index (χ3n) is 1.98. The molecule has 0 aliphatic rings. The van der Waals surface area contributed by atoms with E-state index in [0.29, 0.717) is 12.3 Å². The predicted octanol–water partition coefficient (Wildman–Crippen LogP) is -0.256. The van der Waals surface area contributed by atoms with Crippen LogP contribution in [0.5, 0.6) is 0 Å². The van der Waals surface area contributed by atoms with E-state index in [2.05, 4.69) is 16.0 Å². The van der Waals surface area contributed by atoms with E-state index in [4.69, 9.17) is 0 Å². The number of rotatable bonds is 7. The summed E-state index contributed by atoms with van der Waals surface area (Å²) in [6, 6.07) is 0. The Morgan fingerprint density at radius 1 is 0.895 bits per heavy atom. The van der Waals surface area contributed by atoms with Gasteiger partial charge in [-0.3, -0.25) is 14.4 Å². The monoisotopic (exact) mass is 289 g/mol. The predicted molar refractivity (Wildman–Crippen MR) is 76.9 cm³/mol. The zero-order valence-electron chi connectivity index (χ0n) is 12.0. The van der Waals surface area contributed by atoms with Crippen molar-refractivity contribution in [3.05, 3.63) is 0 Å². The molecule has 0 aromatic heterocycles. The van der Waals surface area contributed by atoms with E-state index in [1.54, 1.807) is 6.26 Å².